The van der Waals surface area contributed by atoms with Crippen molar-refractivity contribution in [3.05, 3.63) is 0 Å². The summed E-state index contributed by atoms with van der Waals surface area (Å²) >= 11 is 0. The zero-order valence-electron chi connectivity index (χ0n) is 9.06. The van der Waals surface area contributed by atoms with Crippen molar-refractivity contribution in [2.45, 2.75) is 25.8 Å². The van der Waals surface area contributed by atoms with E-state index in [4.69, 9.17) is 10.9 Å². The molecule has 1 unspecified atom stereocenters. The molecule has 0 aromatic carbocycles. The predicted octanol–water partition coefficient (Wildman–Crippen LogP) is -0.0342. The highest BCUT2D eigenvalue weighted by Crippen LogP contribution is 2.12. The Balaban J connectivity index is 2.47. The average Bonchev–Trinajstić information content (AvgIpc) is 2.27. The molecule has 3 N–H and O–H groups in total. The molecule has 15 heavy (non-hydrogen) atoms. The van der Waals surface area contributed by atoms with Crippen LogP contribution in [-0.2, 0) is 10.8 Å². The van der Waals surface area contributed by atoms with E-state index in [0.717, 1.165) is 31.0 Å². The molecule has 1 saturated heterocycles. The van der Waals surface area contributed by atoms with E-state index in [1.807, 2.05) is 0 Å². The van der Waals surface area contributed by atoms with Gasteiger partial charge in [-0.15, -0.1) is 0 Å². The molecule has 1 atom stereocenters. The number of nitrogens with two attached hydrogens (primary N) is 1. The Hall–Kier alpha value is -0.620. The molecule has 0 radical (unpaired) electrons. The number of oxime groups is 1. The van der Waals surface area contributed by atoms with Gasteiger partial charge in [0.05, 0.1) is 0 Å². The molecule has 1 heterocycles. The lowest BCUT2D eigenvalue weighted by Gasteiger charge is -2.33. The first kappa shape index (κ1) is 12.4. The van der Waals surface area contributed by atoms with E-state index in [1.54, 1.807) is 0 Å². The second-order valence-electron chi connectivity index (χ2n) is 3.74. The SMILES string of the molecule is CCC(CC(N)=NO)N1CCS(=O)CC1. The zero-order valence-corrected chi connectivity index (χ0v) is 9.87. The van der Waals surface area contributed by atoms with Crippen molar-refractivity contribution in [3.63, 3.8) is 0 Å². The predicted molar refractivity (Wildman–Crippen MR) is 61.6 cm³/mol. The molecular weight excluding hydrogens is 214 g/mol. The number of hydrogen-bond acceptors (Lipinski definition) is 4. The second kappa shape index (κ2) is 6.07. The van der Waals surface area contributed by atoms with Crippen molar-refractivity contribution in [3.8, 4) is 0 Å². The van der Waals surface area contributed by atoms with Crippen molar-refractivity contribution in [2.75, 3.05) is 24.6 Å². The van der Waals surface area contributed by atoms with E-state index >= 15 is 0 Å². The quantitative estimate of drug-likeness (QED) is 0.309. The van der Waals surface area contributed by atoms with Gasteiger partial charge in [-0.2, -0.15) is 0 Å². The summed E-state index contributed by atoms with van der Waals surface area (Å²) in [5, 5.41) is 11.5. The first-order chi connectivity index (χ1) is 7.17. The minimum atomic E-state index is -0.646. The Kier molecular flexibility index (Phi) is 5.04. The van der Waals surface area contributed by atoms with Crippen LogP contribution in [0.15, 0.2) is 5.16 Å². The maximum atomic E-state index is 11.2. The van der Waals surface area contributed by atoms with Crippen LogP contribution in [0.4, 0.5) is 0 Å². The van der Waals surface area contributed by atoms with Gasteiger partial charge in [0.15, 0.2) is 0 Å². The Bertz CT molecular complexity index is 248. The third kappa shape index (κ3) is 3.79. The molecule has 1 aliphatic rings. The fourth-order valence-electron chi connectivity index (χ4n) is 1.83. The molecule has 0 aliphatic carbocycles. The smallest absolute Gasteiger partial charge is 0.140 e. The molecule has 5 nitrogen and oxygen atoms in total. The highest BCUT2D eigenvalue weighted by atomic mass is 32.2. The van der Waals surface area contributed by atoms with E-state index in [1.165, 1.54) is 0 Å². The molecule has 1 fully saturated rings. The lowest BCUT2D eigenvalue weighted by atomic mass is 10.1. The average molecular weight is 233 g/mol. The minimum Gasteiger partial charge on any atom is -0.409 e. The molecule has 88 valence electrons. The third-order valence-corrected chi connectivity index (χ3v) is 4.05. The molecule has 1 rings (SSSR count). The Morgan fingerprint density at radius 3 is 2.67 bits per heavy atom. The molecule has 0 aromatic heterocycles. The molecule has 6 heteroatoms. The van der Waals surface area contributed by atoms with Gasteiger partial charge in [-0.1, -0.05) is 12.1 Å². The van der Waals surface area contributed by atoms with E-state index in [2.05, 4.69) is 17.0 Å². The van der Waals surface area contributed by atoms with Gasteiger partial charge >= 0.3 is 0 Å². The van der Waals surface area contributed by atoms with Crippen LogP contribution in [0.1, 0.15) is 19.8 Å². The monoisotopic (exact) mass is 233 g/mol. The molecule has 0 bridgehead atoms. The Labute approximate surface area is 92.8 Å². The van der Waals surface area contributed by atoms with Crippen LogP contribution in [0, 0.1) is 0 Å². The van der Waals surface area contributed by atoms with Gasteiger partial charge in [-0.25, -0.2) is 0 Å². The minimum absolute atomic E-state index is 0.272. The van der Waals surface area contributed by atoms with E-state index in [0.29, 0.717) is 12.5 Å². The summed E-state index contributed by atoms with van der Waals surface area (Å²) in [6, 6.07) is 0.304. The number of rotatable bonds is 4. The van der Waals surface area contributed by atoms with Crippen LogP contribution < -0.4 is 5.73 Å². The molecular formula is C9H19N3O2S. The molecule has 0 saturated carbocycles. The normalized spacial score (nSPS) is 22.9. The van der Waals surface area contributed by atoms with Gasteiger partial charge in [0.2, 0.25) is 0 Å². The van der Waals surface area contributed by atoms with Crippen molar-refractivity contribution in [1.29, 1.82) is 0 Å². The van der Waals surface area contributed by atoms with Crippen LogP contribution >= 0.6 is 0 Å². The van der Waals surface area contributed by atoms with Crippen LogP contribution in [-0.4, -0.2) is 50.8 Å². The van der Waals surface area contributed by atoms with E-state index in [9.17, 15) is 4.21 Å². The molecule has 0 amide bonds. The highest BCUT2D eigenvalue weighted by molar-refractivity contribution is 7.85. The largest absolute Gasteiger partial charge is 0.409 e. The van der Waals surface area contributed by atoms with Crippen LogP contribution in [0.5, 0.6) is 0 Å². The van der Waals surface area contributed by atoms with Gasteiger partial charge in [-0.3, -0.25) is 9.11 Å². The van der Waals surface area contributed by atoms with Gasteiger partial charge in [0, 0.05) is 47.9 Å². The van der Waals surface area contributed by atoms with Crippen LogP contribution in [0.2, 0.25) is 0 Å². The first-order valence-electron chi connectivity index (χ1n) is 5.22. The summed E-state index contributed by atoms with van der Waals surface area (Å²) in [5.41, 5.74) is 5.50. The van der Waals surface area contributed by atoms with E-state index in [-0.39, 0.29) is 5.84 Å². The lowest BCUT2D eigenvalue weighted by molar-refractivity contribution is 0.211. The fourth-order valence-corrected chi connectivity index (χ4v) is 2.91. The summed E-state index contributed by atoms with van der Waals surface area (Å²) in [7, 11) is -0.646. The van der Waals surface area contributed by atoms with Gasteiger partial charge in [0.1, 0.15) is 5.84 Å². The van der Waals surface area contributed by atoms with Crippen molar-refractivity contribution in [2.24, 2.45) is 10.9 Å². The van der Waals surface area contributed by atoms with Gasteiger partial charge < -0.3 is 10.9 Å². The summed E-state index contributed by atoms with van der Waals surface area (Å²) in [5.74, 6) is 1.76. The van der Waals surface area contributed by atoms with E-state index < -0.39 is 10.8 Å². The van der Waals surface area contributed by atoms with Crippen LogP contribution in [0.25, 0.3) is 0 Å². The van der Waals surface area contributed by atoms with Crippen molar-refractivity contribution >= 4 is 16.6 Å². The maximum absolute atomic E-state index is 11.2. The number of hydrogen-bond donors (Lipinski definition) is 2. The maximum Gasteiger partial charge on any atom is 0.140 e. The van der Waals surface area contributed by atoms with Gasteiger partial charge in [0.25, 0.3) is 0 Å². The van der Waals surface area contributed by atoms with Crippen LogP contribution in [0.3, 0.4) is 0 Å². The Morgan fingerprint density at radius 2 is 2.20 bits per heavy atom. The summed E-state index contributed by atoms with van der Waals surface area (Å²) in [6.45, 7) is 3.79. The standard InChI is InChI=1S/C9H19N3O2S/c1-2-8(7-9(10)11-13)12-3-5-15(14)6-4-12/h8,13H,2-7H2,1H3,(H2,10,11). The highest BCUT2D eigenvalue weighted by Gasteiger charge is 2.22. The van der Waals surface area contributed by atoms with Gasteiger partial charge in [-0.05, 0) is 6.42 Å². The topological polar surface area (TPSA) is 78.9 Å². The first-order valence-corrected chi connectivity index (χ1v) is 6.71. The third-order valence-electron chi connectivity index (χ3n) is 2.77. The summed E-state index contributed by atoms with van der Waals surface area (Å²) in [4.78, 5) is 2.28. The number of nitrogens with zero attached hydrogens (tertiary/aromatic N) is 2. The molecule has 0 spiro atoms. The number of amidine groups is 1. The van der Waals surface area contributed by atoms with Crippen molar-refractivity contribution < 1.29 is 9.42 Å². The summed E-state index contributed by atoms with van der Waals surface area (Å²) < 4.78 is 11.2. The fraction of sp³-hybridized carbons (Fsp3) is 0.889. The molecule has 0 aromatic rings. The zero-order chi connectivity index (χ0) is 11.3. The second-order valence-corrected chi connectivity index (χ2v) is 5.44. The molecule has 1 aliphatic heterocycles. The summed E-state index contributed by atoms with van der Waals surface area (Å²) in [6.07, 6.45) is 1.54. The Morgan fingerprint density at radius 1 is 1.60 bits per heavy atom. The van der Waals surface area contributed by atoms with Crippen molar-refractivity contribution in [1.82, 2.24) is 4.90 Å². The lowest BCUT2D eigenvalue weighted by Crippen LogP contribution is -2.45.